The zero-order valence-electron chi connectivity index (χ0n) is 16.7. The van der Waals surface area contributed by atoms with Crippen LogP contribution in [0.25, 0.3) is 6.08 Å². The number of fused-ring (bicyclic) bond motifs is 1. The van der Waals surface area contributed by atoms with Crippen molar-refractivity contribution in [2.75, 3.05) is 6.54 Å². The van der Waals surface area contributed by atoms with E-state index in [0.29, 0.717) is 12.3 Å². The van der Waals surface area contributed by atoms with E-state index in [4.69, 9.17) is 4.74 Å². The summed E-state index contributed by atoms with van der Waals surface area (Å²) in [4.78, 5) is 27.6. The van der Waals surface area contributed by atoms with Crippen molar-refractivity contribution in [3.63, 3.8) is 0 Å². The van der Waals surface area contributed by atoms with Gasteiger partial charge in [0.1, 0.15) is 12.6 Å². The van der Waals surface area contributed by atoms with Gasteiger partial charge in [0, 0.05) is 11.0 Å². The second kappa shape index (κ2) is 9.47. The molecular weight excluding hydrogens is 444 g/mol. The van der Waals surface area contributed by atoms with Gasteiger partial charge in [-0.2, -0.15) is 0 Å². The number of rotatable bonds is 5. The van der Waals surface area contributed by atoms with E-state index in [1.165, 1.54) is 0 Å². The molecule has 1 saturated carbocycles. The third-order valence-corrected chi connectivity index (χ3v) is 6.38. The van der Waals surface area contributed by atoms with Crippen LogP contribution in [0.2, 0.25) is 0 Å². The highest BCUT2D eigenvalue weighted by Crippen LogP contribution is 2.33. The predicted octanol–water partition coefficient (Wildman–Crippen LogP) is 4.28. The third-order valence-electron chi connectivity index (χ3n) is 5.66. The van der Waals surface area contributed by atoms with Crippen molar-refractivity contribution in [2.24, 2.45) is 0 Å². The number of halogens is 1. The molecule has 4 rings (SSSR count). The van der Waals surface area contributed by atoms with Gasteiger partial charge in [0.15, 0.2) is 5.76 Å². The van der Waals surface area contributed by atoms with E-state index < -0.39 is 0 Å². The Balaban J connectivity index is 1.51. The molecule has 30 heavy (non-hydrogen) atoms. The lowest BCUT2D eigenvalue weighted by Gasteiger charge is -2.44. The van der Waals surface area contributed by atoms with Gasteiger partial charge in [-0.25, -0.2) is 0 Å². The molecule has 1 aliphatic heterocycles. The molecule has 2 fully saturated rings. The van der Waals surface area contributed by atoms with Crippen LogP contribution in [0.5, 0.6) is 0 Å². The highest BCUT2D eigenvalue weighted by atomic mass is 79.9. The Hall–Kier alpha value is -2.60. The maximum atomic E-state index is 13.2. The monoisotopic (exact) mass is 468 g/mol. The maximum absolute atomic E-state index is 13.2. The SMILES string of the molecule is O=C(CN1C(=O)/C(=C\c2ccccc2Br)OC2CCCCC21)NCc1ccccc1. The molecule has 2 aromatic rings. The molecule has 2 unspecified atom stereocenters. The summed E-state index contributed by atoms with van der Waals surface area (Å²) in [5.74, 6) is -0.0664. The minimum Gasteiger partial charge on any atom is -0.482 e. The van der Waals surface area contributed by atoms with E-state index in [-0.39, 0.29) is 30.5 Å². The summed E-state index contributed by atoms with van der Waals surface area (Å²) < 4.78 is 7.02. The highest BCUT2D eigenvalue weighted by Gasteiger charge is 2.42. The molecule has 0 aromatic heterocycles. The molecule has 2 aromatic carbocycles. The first-order chi connectivity index (χ1) is 14.6. The number of hydrogen-bond acceptors (Lipinski definition) is 3. The van der Waals surface area contributed by atoms with Crippen LogP contribution in [0.1, 0.15) is 36.8 Å². The number of morpholine rings is 1. The molecule has 2 aliphatic rings. The van der Waals surface area contributed by atoms with Crippen LogP contribution >= 0.6 is 15.9 Å². The summed E-state index contributed by atoms with van der Waals surface area (Å²) in [6, 6.07) is 17.4. The Bertz CT molecular complexity index is 944. The van der Waals surface area contributed by atoms with Crippen molar-refractivity contribution >= 4 is 33.8 Å². The third kappa shape index (κ3) is 4.75. The van der Waals surface area contributed by atoms with Crippen molar-refractivity contribution in [1.29, 1.82) is 0 Å². The van der Waals surface area contributed by atoms with Crippen LogP contribution in [-0.4, -0.2) is 35.4 Å². The van der Waals surface area contributed by atoms with Crippen LogP contribution in [0.3, 0.4) is 0 Å². The van der Waals surface area contributed by atoms with Crippen molar-refractivity contribution in [1.82, 2.24) is 10.2 Å². The molecule has 0 bridgehead atoms. The molecule has 1 N–H and O–H groups in total. The van der Waals surface area contributed by atoms with Crippen LogP contribution in [-0.2, 0) is 20.9 Å². The minimum absolute atomic E-state index is 0.0451. The normalized spacial score (nSPS) is 22.4. The molecule has 2 atom stereocenters. The summed E-state index contributed by atoms with van der Waals surface area (Å²) in [7, 11) is 0. The Morgan fingerprint density at radius 3 is 2.63 bits per heavy atom. The van der Waals surface area contributed by atoms with Crippen LogP contribution < -0.4 is 5.32 Å². The molecule has 1 aliphatic carbocycles. The second-order valence-corrected chi connectivity index (χ2v) is 8.59. The van der Waals surface area contributed by atoms with Crippen molar-refractivity contribution in [2.45, 2.75) is 44.4 Å². The highest BCUT2D eigenvalue weighted by molar-refractivity contribution is 9.10. The Labute approximate surface area is 185 Å². The molecule has 1 saturated heterocycles. The lowest BCUT2D eigenvalue weighted by atomic mass is 9.89. The van der Waals surface area contributed by atoms with Crippen LogP contribution in [0.15, 0.2) is 64.8 Å². The average molecular weight is 469 g/mol. The van der Waals surface area contributed by atoms with Crippen molar-refractivity contribution in [3.05, 3.63) is 76.0 Å². The van der Waals surface area contributed by atoms with Gasteiger partial charge < -0.3 is 15.0 Å². The van der Waals surface area contributed by atoms with Gasteiger partial charge >= 0.3 is 0 Å². The largest absolute Gasteiger partial charge is 0.482 e. The minimum atomic E-state index is -0.219. The van der Waals surface area contributed by atoms with Gasteiger partial charge in [-0.05, 0) is 42.5 Å². The summed E-state index contributed by atoms with van der Waals surface area (Å²) in [6.07, 6.45) is 5.59. The van der Waals surface area contributed by atoms with E-state index in [2.05, 4.69) is 21.2 Å². The average Bonchev–Trinajstić information content (AvgIpc) is 2.77. The Morgan fingerprint density at radius 2 is 1.83 bits per heavy atom. The van der Waals surface area contributed by atoms with E-state index in [0.717, 1.165) is 41.3 Å². The summed E-state index contributed by atoms with van der Waals surface area (Å²) >= 11 is 3.52. The van der Waals surface area contributed by atoms with E-state index in [1.54, 1.807) is 11.0 Å². The number of hydrogen-bond donors (Lipinski definition) is 1. The quantitative estimate of drug-likeness (QED) is 0.666. The number of nitrogens with zero attached hydrogens (tertiary/aromatic N) is 1. The fourth-order valence-corrected chi connectivity index (χ4v) is 4.50. The van der Waals surface area contributed by atoms with Crippen LogP contribution in [0.4, 0.5) is 0 Å². The molecule has 1 heterocycles. The zero-order chi connectivity index (χ0) is 20.9. The predicted molar refractivity (Wildman–Crippen MR) is 119 cm³/mol. The lowest BCUT2D eigenvalue weighted by Crippen LogP contribution is -2.57. The standard InChI is InChI=1S/C24H25BrN2O3/c25-19-11-5-4-10-18(19)14-22-24(29)27(20-12-6-7-13-21(20)30-22)16-23(28)26-15-17-8-2-1-3-9-17/h1-5,8-11,14,20-21H,6-7,12-13,15-16H2,(H,26,28)/b22-14+. The summed E-state index contributed by atoms with van der Waals surface area (Å²) in [5.41, 5.74) is 1.91. The van der Waals surface area contributed by atoms with E-state index in [9.17, 15) is 9.59 Å². The van der Waals surface area contributed by atoms with E-state index >= 15 is 0 Å². The Morgan fingerprint density at radius 1 is 1.10 bits per heavy atom. The van der Waals surface area contributed by atoms with Gasteiger partial charge in [0.2, 0.25) is 5.91 Å². The summed E-state index contributed by atoms with van der Waals surface area (Å²) in [5, 5.41) is 2.94. The fourth-order valence-electron chi connectivity index (χ4n) is 4.10. The van der Waals surface area contributed by atoms with Gasteiger partial charge in [0.25, 0.3) is 5.91 Å². The lowest BCUT2D eigenvalue weighted by molar-refractivity contribution is -0.151. The van der Waals surface area contributed by atoms with Gasteiger partial charge in [-0.15, -0.1) is 0 Å². The van der Waals surface area contributed by atoms with Crippen molar-refractivity contribution < 1.29 is 14.3 Å². The van der Waals surface area contributed by atoms with Crippen molar-refractivity contribution in [3.8, 4) is 0 Å². The number of ether oxygens (including phenoxy) is 1. The fraction of sp³-hybridized carbons (Fsp3) is 0.333. The zero-order valence-corrected chi connectivity index (χ0v) is 18.3. The van der Waals surface area contributed by atoms with Gasteiger partial charge in [0.05, 0.1) is 6.04 Å². The second-order valence-electron chi connectivity index (χ2n) is 7.73. The number of amides is 2. The van der Waals surface area contributed by atoms with Gasteiger partial charge in [-0.3, -0.25) is 9.59 Å². The van der Waals surface area contributed by atoms with E-state index in [1.807, 2.05) is 54.6 Å². The molecule has 0 spiro atoms. The molecule has 5 nitrogen and oxygen atoms in total. The van der Waals surface area contributed by atoms with Crippen LogP contribution in [0, 0.1) is 0 Å². The molecule has 0 radical (unpaired) electrons. The number of carbonyl (C=O) groups excluding carboxylic acids is 2. The Kier molecular flexibility index (Phi) is 6.53. The first kappa shape index (κ1) is 20.7. The van der Waals surface area contributed by atoms with Gasteiger partial charge in [-0.1, -0.05) is 70.9 Å². The maximum Gasteiger partial charge on any atom is 0.289 e. The molecular formula is C24H25BrN2O3. The molecule has 6 heteroatoms. The molecule has 156 valence electrons. The summed E-state index contributed by atoms with van der Waals surface area (Å²) in [6.45, 7) is 0.495. The number of nitrogens with one attached hydrogen (secondary N) is 1. The number of carbonyl (C=O) groups is 2. The topological polar surface area (TPSA) is 58.6 Å². The first-order valence-electron chi connectivity index (χ1n) is 10.4. The number of benzene rings is 2. The molecule has 2 amide bonds. The smallest absolute Gasteiger partial charge is 0.289 e. The first-order valence-corrected chi connectivity index (χ1v) is 11.2.